The van der Waals surface area contributed by atoms with Gasteiger partial charge in [-0.05, 0) is 30.3 Å². The maximum Gasteiger partial charge on any atom is 0.191 e. The highest BCUT2D eigenvalue weighted by Crippen LogP contribution is 2.39. The summed E-state index contributed by atoms with van der Waals surface area (Å²) in [5.74, 6) is 3.79. The Kier molecular flexibility index (Phi) is 4.44. The number of thioether (sulfide) groups is 2. The lowest BCUT2D eigenvalue weighted by atomic mass is 10.2. The molecule has 1 atom stereocenters. The van der Waals surface area contributed by atoms with Crippen molar-refractivity contribution in [3.05, 3.63) is 48.8 Å². The van der Waals surface area contributed by atoms with Crippen molar-refractivity contribution in [3.8, 4) is 17.1 Å². The van der Waals surface area contributed by atoms with Gasteiger partial charge in [-0.3, -0.25) is 9.55 Å². The Bertz CT molecular complexity index is 838. The van der Waals surface area contributed by atoms with Crippen LogP contribution in [0.5, 0.6) is 5.75 Å². The van der Waals surface area contributed by atoms with Gasteiger partial charge in [-0.2, -0.15) is 0 Å². The summed E-state index contributed by atoms with van der Waals surface area (Å²) in [6.07, 6.45) is 3.61. The van der Waals surface area contributed by atoms with Crippen LogP contribution < -0.4 is 4.74 Å². The average molecular weight is 356 g/mol. The molecule has 0 saturated heterocycles. The van der Waals surface area contributed by atoms with Gasteiger partial charge in [-0.1, -0.05) is 17.8 Å². The lowest BCUT2D eigenvalue weighted by Crippen LogP contribution is -2.11. The molecule has 4 rings (SSSR count). The van der Waals surface area contributed by atoms with Crippen molar-refractivity contribution >= 4 is 23.5 Å². The number of methoxy groups -OCH3 is 1. The van der Waals surface area contributed by atoms with Crippen molar-refractivity contribution in [2.75, 3.05) is 18.6 Å². The quantitative estimate of drug-likeness (QED) is 0.648. The second-order valence-corrected chi connectivity index (χ2v) is 7.45. The Labute approximate surface area is 148 Å². The summed E-state index contributed by atoms with van der Waals surface area (Å²) in [4.78, 5) is 5.41. The molecule has 3 heterocycles. The molecule has 122 valence electrons. The highest BCUT2D eigenvalue weighted by atomic mass is 32.2. The van der Waals surface area contributed by atoms with Crippen LogP contribution in [0.25, 0.3) is 11.4 Å². The van der Waals surface area contributed by atoms with Crippen LogP contribution in [0.1, 0.15) is 6.04 Å². The average Bonchev–Trinajstić information content (AvgIpc) is 3.23. The van der Waals surface area contributed by atoms with Gasteiger partial charge in [-0.25, -0.2) is 0 Å². The molecule has 0 aliphatic carbocycles. The number of hydrogen-bond acceptors (Lipinski definition) is 6. The van der Waals surface area contributed by atoms with Crippen LogP contribution in [0.4, 0.5) is 0 Å². The van der Waals surface area contributed by atoms with Gasteiger partial charge < -0.3 is 4.74 Å². The van der Waals surface area contributed by atoms with E-state index in [9.17, 15) is 0 Å². The topological polar surface area (TPSA) is 52.8 Å². The van der Waals surface area contributed by atoms with Crippen LogP contribution in [0.2, 0.25) is 0 Å². The molecule has 0 radical (unpaired) electrons. The fourth-order valence-corrected chi connectivity index (χ4v) is 4.90. The maximum absolute atomic E-state index is 5.30. The first-order valence-corrected chi connectivity index (χ1v) is 9.57. The van der Waals surface area contributed by atoms with E-state index in [0.717, 1.165) is 33.8 Å². The molecule has 5 nitrogen and oxygen atoms in total. The highest BCUT2D eigenvalue weighted by molar-refractivity contribution is 8.00. The third-order valence-corrected chi connectivity index (χ3v) is 6.06. The van der Waals surface area contributed by atoms with Gasteiger partial charge in [0.1, 0.15) is 5.75 Å². The predicted octanol–water partition coefficient (Wildman–Crippen LogP) is 3.79. The molecule has 1 unspecified atom stereocenters. The Hall–Kier alpha value is -1.99. The van der Waals surface area contributed by atoms with Gasteiger partial charge in [-0.15, -0.1) is 22.0 Å². The smallest absolute Gasteiger partial charge is 0.191 e. The summed E-state index contributed by atoms with van der Waals surface area (Å²) >= 11 is 3.60. The van der Waals surface area contributed by atoms with Crippen molar-refractivity contribution in [1.29, 1.82) is 0 Å². The summed E-state index contributed by atoms with van der Waals surface area (Å²) in [5.41, 5.74) is 1.01. The zero-order valence-electron chi connectivity index (χ0n) is 13.1. The number of pyridine rings is 1. The molecule has 0 N–H and O–H groups in total. The van der Waals surface area contributed by atoms with E-state index < -0.39 is 0 Å². The fourth-order valence-electron chi connectivity index (χ4n) is 2.65. The largest absolute Gasteiger partial charge is 0.497 e. The number of aromatic nitrogens is 4. The van der Waals surface area contributed by atoms with Crippen molar-refractivity contribution in [2.24, 2.45) is 0 Å². The van der Waals surface area contributed by atoms with Gasteiger partial charge in [0, 0.05) is 34.4 Å². The van der Waals surface area contributed by atoms with Crippen molar-refractivity contribution < 1.29 is 4.74 Å². The van der Waals surface area contributed by atoms with Crippen molar-refractivity contribution in [1.82, 2.24) is 19.7 Å². The monoisotopic (exact) mass is 356 g/mol. The molecule has 0 bridgehead atoms. The molecular formula is C17H16N4OS2. The number of rotatable bonds is 5. The molecule has 0 amide bonds. The van der Waals surface area contributed by atoms with Gasteiger partial charge >= 0.3 is 0 Å². The van der Waals surface area contributed by atoms with E-state index in [1.807, 2.05) is 42.2 Å². The molecule has 0 fully saturated rings. The third-order valence-electron chi connectivity index (χ3n) is 3.84. The summed E-state index contributed by atoms with van der Waals surface area (Å²) in [7, 11) is 1.70. The van der Waals surface area contributed by atoms with E-state index in [0.29, 0.717) is 6.04 Å². The maximum atomic E-state index is 5.30. The van der Waals surface area contributed by atoms with E-state index in [1.165, 1.54) is 4.90 Å². The molecule has 1 aliphatic heterocycles. The Morgan fingerprint density at radius 2 is 2.25 bits per heavy atom. The first-order chi connectivity index (χ1) is 11.8. The lowest BCUT2D eigenvalue weighted by molar-refractivity contribution is 0.413. The van der Waals surface area contributed by atoms with Crippen molar-refractivity contribution in [2.45, 2.75) is 16.1 Å². The molecule has 2 aromatic heterocycles. The van der Waals surface area contributed by atoms with Gasteiger partial charge in [0.05, 0.1) is 13.2 Å². The zero-order chi connectivity index (χ0) is 16.4. The van der Waals surface area contributed by atoms with Crippen LogP contribution in [-0.4, -0.2) is 38.4 Å². The van der Waals surface area contributed by atoms with E-state index in [4.69, 9.17) is 4.74 Å². The standard InChI is InChI=1S/C17H16N4OS2/c1-22-14-5-2-6-15(8-14)23-10-13-11-24-17-20-19-16(21(13)17)12-4-3-7-18-9-12/h2-9,13H,10-11H2,1H3. The van der Waals surface area contributed by atoms with Gasteiger partial charge in [0.25, 0.3) is 0 Å². The van der Waals surface area contributed by atoms with Gasteiger partial charge in [0.15, 0.2) is 11.0 Å². The van der Waals surface area contributed by atoms with Crippen LogP contribution in [0, 0.1) is 0 Å². The number of benzene rings is 1. The predicted molar refractivity (Wildman–Crippen MR) is 96.7 cm³/mol. The molecule has 24 heavy (non-hydrogen) atoms. The van der Waals surface area contributed by atoms with Crippen LogP contribution in [-0.2, 0) is 0 Å². The summed E-state index contributed by atoms with van der Waals surface area (Å²) in [5, 5.41) is 9.68. The summed E-state index contributed by atoms with van der Waals surface area (Å²) in [6.45, 7) is 0. The Balaban J connectivity index is 1.54. The first kappa shape index (κ1) is 15.5. The minimum absolute atomic E-state index is 0.367. The summed E-state index contributed by atoms with van der Waals surface area (Å²) in [6, 6.07) is 12.5. The van der Waals surface area contributed by atoms with Crippen LogP contribution >= 0.6 is 23.5 Å². The third kappa shape index (κ3) is 3.01. The summed E-state index contributed by atoms with van der Waals surface area (Å²) < 4.78 is 7.54. The molecule has 3 aromatic rings. The molecule has 1 aliphatic rings. The molecule has 7 heteroatoms. The molecule has 0 saturated carbocycles. The molecule has 1 aromatic carbocycles. The minimum atomic E-state index is 0.367. The number of hydrogen-bond donors (Lipinski definition) is 0. The number of nitrogens with zero attached hydrogens (tertiary/aromatic N) is 4. The number of fused-ring (bicyclic) bond motifs is 1. The Morgan fingerprint density at radius 3 is 3.08 bits per heavy atom. The SMILES string of the molecule is COc1cccc(SCC2CSc3nnc(-c4cccnc4)n32)c1. The Morgan fingerprint density at radius 1 is 1.29 bits per heavy atom. The van der Waals surface area contributed by atoms with Crippen LogP contribution in [0.3, 0.4) is 0 Å². The van der Waals surface area contributed by atoms with Crippen molar-refractivity contribution in [3.63, 3.8) is 0 Å². The molecular weight excluding hydrogens is 340 g/mol. The lowest BCUT2D eigenvalue weighted by Gasteiger charge is -2.14. The van der Waals surface area contributed by atoms with E-state index in [2.05, 4.69) is 31.9 Å². The van der Waals surface area contributed by atoms with E-state index in [-0.39, 0.29) is 0 Å². The van der Waals surface area contributed by atoms with Crippen LogP contribution in [0.15, 0.2) is 58.8 Å². The molecule has 0 spiro atoms. The second kappa shape index (κ2) is 6.86. The van der Waals surface area contributed by atoms with Gasteiger partial charge in [0.2, 0.25) is 0 Å². The second-order valence-electron chi connectivity index (χ2n) is 5.37. The first-order valence-electron chi connectivity index (χ1n) is 7.60. The normalized spacial score (nSPS) is 16.1. The van der Waals surface area contributed by atoms with E-state index >= 15 is 0 Å². The number of ether oxygens (including phenoxy) is 1. The minimum Gasteiger partial charge on any atom is -0.497 e. The highest BCUT2D eigenvalue weighted by Gasteiger charge is 2.28. The zero-order valence-corrected chi connectivity index (χ0v) is 14.8. The van der Waals surface area contributed by atoms with E-state index in [1.54, 1.807) is 25.1 Å². The fraction of sp³-hybridized carbons (Fsp3) is 0.235.